The van der Waals surface area contributed by atoms with E-state index >= 15 is 0 Å². The number of carbonyl (C=O) groups excluding carboxylic acids is 1. The van der Waals surface area contributed by atoms with Crippen LogP contribution in [-0.2, 0) is 26.0 Å². The molecule has 6 nitrogen and oxygen atoms in total. The van der Waals surface area contributed by atoms with Gasteiger partial charge in [-0.2, -0.15) is 0 Å². The maximum atomic E-state index is 12.4. The molecule has 0 bridgehead atoms. The lowest BCUT2D eigenvalue weighted by Crippen LogP contribution is -2.23. The molecular formula is C24H25ClN2O4S. The molecule has 0 radical (unpaired) electrons. The number of hydrogen-bond donors (Lipinski definition) is 0. The van der Waals surface area contributed by atoms with E-state index < -0.39 is 15.3 Å². The first-order valence-corrected chi connectivity index (χ1v) is 12.2. The van der Waals surface area contributed by atoms with Gasteiger partial charge < -0.3 is 4.74 Å². The van der Waals surface area contributed by atoms with E-state index in [0.29, 0.717) is 27.4 Å². The summed E-state index contributed by atoms with van der Waals surface area (Å²) in [5.74, 6) is -0.359. The number of aryl methyl sites for hydroxylation is 1. The van der Waals surface area contributed by atoms with Crippen LogP contribution in [0.3, 0.4) is 0 Å². The molecule has 3 aromatic rings. The fraction of sp³-hybridized carbons (Fsp3) is 0.292. The second-order valence-electron chi connectivity index (χ2n) is 8.62. The van der Waals surface area contributed by atoms with Gasteiger partial charge in [-0.05, 0) is 57.5 Å². The van der Waals surface area contributed by atoms with E-state index in [1.165, 1.54) is 18.3 Å². The summed E-state index contributed by atoms with van der Waals surface area (Å²) in [4.78, 5) is 21.5. The zero-order chi connectivity index (χ0) is 23.7. The number of rotatable bonds is 5. The number of carbonyl (C=O) groups is 1. The number of esters is 1. The predicted molar refractivity (Wildman–Crippen MR) is 125 cm³/mol. The van der Waals surface area contributed by atoms with Gasteiger partial charge in [0, 0.05) is 41.0 Å². The van der Waals surface area contributed by atoms with E-state index in [1.807, 2.05) is 19.1 Å². The standard InChI is InChI=1S/C24H25ClN2O4S/c1-15-6-7-17(12-26-15)22-21(16-8-10-18(11-9-16)32(5,29)30)19(20(25)13-27-22)14-31-23(28)24(2,3)4/h6-13H,14H2,1-5H3. The molecule has 0 unspecified atom stereocenters. The number of hydrogen-bond acceptors (Lipinski definition) is 6. The van der Waals surface area contributed by atoms with Gasteiger partial charge in [0.05, 0.1) is 21.0 Å². The Labute approximate surface area is 193 Å². The Balaban J connectivity index is 2.19. The second kappa shape index (κ2) is 9.00. The van der Waals surface area contributed by atoms with Crippen LogP contribution < -0.4 is 0 Å². The first kappa shape index (κ1) is 23.9. The van der Waals surface area contributed by atoms with Crippen LogP contribution in [0, 0.1) is 12.3 Å². The fourth-order valence-corrected chi connectivity index (χ4v) is 3.86. The van der Waals surface area contributed by atoms with Gasteiger partial charge in [0.25, 0.3) is 0 Å². The zero-order valence-electron chi connectivity index (χ0n) is 18.6. The topological polar surface area (TPSA) is 86.2 Å². The number of halogens is 1. The lowest BCUT2D eigenvalue weighted by atomic mass is 9.95. The molecule has 2 aromatic heterocycles. The van der Waals surface area contributed by atoms with E-state index in [2.05, 4.69) is 9.97 Å². The SMILES string of the molecule is Cc1ccc(-c2ncc(Cl)c(COC(=O)C(C)(C)C)c2-c2ccc(S(C)(=O)=O)cc2)cn1. The molecule has 0 amide bonds. The largest absolute Gasteiger partial charge is 0.460 e. The first-order valence-electron chi connectivity index (χ1n) is 9.96. The van der Waals surface area contributed by atoms with Crippen molar-refractivity contribution >= 4 is 27.4 Å². The third-order valence-corrected chi connectivity index (χ3v) is 6.30. The molecule has 0 saturated heterocycles. The van der Waals surface area contributed by atoms with E-state index in [0.717, 1.165) is 17.5 Å². The molecule has 0 aliphatic heterocycles. The molecule has 0 saturated carbocycles. The van der Waals surface area contributed by atoms with Gasteiger partial charge in [-0.25, -0.2) is 8.42 Å². The number of nitrogens with zero attached hydrogens (tertiary/aromatic N) is 2. The Morgan fingerprint density at radius 1 is 1.00 bits per heavy atom. The number of benzene rings is 1. The normalized spacial score (nSPS) is 11.9. The van der Waals surface area contributed by atoms with Crippen LogP contribution in [0.25, 0.3) is 22.4 Å². The fourth-order valence-electron chi connectivity index (χ4n) is 3.03. The lowest BCUT2D eigenvalue weighted by Gasteiger charge is -2.20. The molecule has 1 aromatic carbocycles. The Morgan fingerprint density at radius 2 is 1.62 bits per heavy atom. The van der Waals surface area contributed by atoms with Crippen molar-refractivity contribution in [1.29, 1.82) is 0 Å². The molecule has 32 heavy (non-hydrogen) atoms. The third kappa shape index (κ3) is 5.34. The van der Waals surface area contributed by atoms with Crippen molar-refractivity contribution in [3.63, 3.8) is 0 Å². The van der Waals surface area contributed by atoms with Crippen LogP contribution in [0.1, 0.15) is 32.0 Å². The van der Waals surface area contributed by atoms with Crippen molar-refractivity contribution in [2.24, 2.45) is 5.41 Å². The molecule has 2 heterocycles. The van der Waals surface area contributed by atoms with Crippen LogP contribution >= 0.6 is 11.6 Å². The summed E-state index contributed by atoms with van der Waals surface area (Å²) in [6.07, 6.45) is 4.39. The Morgan fingerprint density at radius 3 is 2.16 bits per heavy atom. The smallest absolute Gasteiger partial charge is 0.311 e. The van der Waals surface area contributed by atoms with E-state index in [9.17, 15) is 13.2 Å². The average molecular weight is 473 g/mol. The highest BCUT2D eigenvalue weighted by Gasteiger charge is 2.25. The van der Waals surface area contributed by atoms with Crippen LogP contribution in [-0.4, -0.2) is 30.6 Å². The summed E-state index contributed by atoms with van der Waals surface area (Å²) in [5, 5.41) is 0.345. The first-order chi connectivity index (χ1) is 14.9. The summed E-state index contributed by atoms with van der Waals surface area (Å²) < 4.78 is 29.3. The summed E-state index contributed by atoms with van der Waals surface area (Å²) >= 11 is 6.50. The van der Waals surface area contributed by atoms with Crippen molar-refractivity contribution in [2.75, 3.05) is 6.26 Å². The average Bonchev–Trinajstić information content (AvgIpc) is 2.72. The van der Waals surface area contributed by atoms with Crippen LogP contribution in [0.2, 0.25) is 5.02 Å². The minimum Gasteiger partial charge on any atom is -0.460 e. The van der Waals surface area contributed by atoms with Crippen molar-refractivity contribution in [1.82, 2.24) is 9.97 Å². The van der Waals surface area contributed by atoms with E-state index in [-0.39, 0.29) is 17.5 Å². The van der Waals surface area contributed by atoms with Gasteiger partial charge >= 0.3 is 5.97 Å². The summed E-state index contributed by atoms with van der Waals surface area (Å²) in [6.45, 7) is 7.17. The maximum Gasteiger partial charge on any atom is 0.311 e. The molecule has 0 N–H and O–H groups in total. The van der Waals surface area contributed by atoms with Crippen LogP contribution in [0.15, 0.2) is 53.7 Å². The highest BCUT2D eigenvalue weighted by molar-refractivity contribution is 7.90. The van der Waals surface area contributed by atoms with Crippen molar-refractivity contribution in [3.8, 4) is 22.4 Å². The zero-order valence-corrected chi connectivity index (χ0v) is 20.2. The molecule has 3 rings (SSSR count). The Kier molecular flexibility index (Phi) is 6.72. The molecule has 0 fully saturated rings. The Bertz CT molecular complexity index is 1250. The predicted octanol–water partition coefficient (Wildman–Crippen LogP) is 5.27. The second-order valence-corrected chi connectivity index (χ2v) is 11.0. The van der Waals surface area contributed by atoms with Gasteiger partial charge in [-0.15, -0.1) is 0 Å². The molecule has 0 spiro atoms. The molecule has 0 aliphatic rings. The van der Waals surface area contributed by atoms with E-state index in [1.54, 1.807) is 39.1 Å². The number of ether oxygens (including phenoxy) is 1. The van der Waals surface area contributed by atoms with Gasteiger partial charge in [0.1, 0.15) is 6.61 Å². The molecule has 0 atom stereocenters. The van der Waals surface area contributed by atoms with Crippen molar-refractivity contribution in [2.45, 2.75) is 39.2 Å². The maximum absolute atomic E-state index is 12.4. The molecule has 168 valence electrons. The van der Waals surface area contributed by atoms with Crippen LogP contribution in [0.5, 0.6) is 0 Å². The van der Waals surface area contributed by atoms with E-state index in [4.69, 9.17) is 16.3 Å². The van der Waals surface area contributed by atoms with Gasteiger partial charge in [-0.3, -0.25) is 14.8 Å². The van der Waals surface area contributed by atoms with Crippen molar-refractivity contribution < 1.29 is 17.9 Å². The molecule has 0 aliphatic carbocycles. The highest BCUT2D eigenvalue weighted by Crippen LogP contribution is 2.37. The molecular weight excluding hydrogens is 448 g/mol. The third-order valence-electron chi connectivity index (χ3n) is 4.85. The van der Waals surface area contributed by atoms with Gasteiger partial charge in [-0.1, -0.05) is 23.7 Å². The number of pyridine rings is 2. The summed E-state index contributed by atoms with van der Waals surface area (Å²) in [5.41, 5.74) is 3.51. The minimum absolute atomic E-state index is 0.0487. The van der Waals surface area contributed by atoms with Crippen LogP contribution in [0.4, 0.5) is 0 Å². The monoisotopic (exact) mass is 472 g/mol. The lowest BCUT2D eigenvalue weighted by molar-refractivity contribution is -0.154. The van der Waals surface area contributed by atoms with Crippen molar-refractivity contribution in [3.05, 3.63) is 65.1 Å². The van der Waals surface area contributed by atoms with Gasteiger partial charge in [0.15, 0.2) is 9.84 Å². The summed E-state index contributed by atoms with van der Waals surface area (Å²) in [6, 6.07) is 10.2. The minimum atomic E-state index is -3.35. The quantitative estimate of drug-likeness (QED) is 0.470. The number of sulfone groups is 1. The summed E-state index contributed by atoms with van der Waals surface area (Å²) in [7, 11) is -3.35. The highest BCUT2D eigenvalue weighted by atomic mass is 35.5. The molecule has 8 heteroatoms. The van der Waals surface area contributed by atoms with Gasteiger partial charge in [0.2, 0.25) is 0 Å². The Hall–Kier alpha value is -2.77. The number of aromatic nitrogens is 2.